The fourth-order valence-corrected chi connectivity index (χ4v) is 2.74. The molecule has 0 unspecified atom stereocenters. The quantitative estimate of drug-likeness (QED) is 0.813. The first kappa shape index (κ1) is 16.2. The number of hydrogen-bond acceptors (Lipinski definition) is 2. The average molecular weight is 265 g/mol. The summed E-state index contributed by atoms with van der Waals surface area (Å²) in [6, 6.07) is 2.12. The van der Waals surface area contributed by atoms with Gasteiger partial charge in [-0.05, 0) is 43.3 Å². The highest BCUT2D eigenvalue weighted by molar-refractivity contribution is 5.00. The van der Waals surface area contributed by atoms with Crippen LogP contribution in [0.25, 0.3) is 0 Å². The molecule has 0 N–H and O–H groups in total. The number of aryl methyl sites for hydroxylation is 1. The first-order valence-corrected chi connectivity index (χ1v) is 7.66. The highest BCUT2D eigenvalue weighted by atomic mass is 15.3. The maximum Gasteiger partial charge on any atom is 0.0521 e. The van der Waals surface area contributed by atoms with Crippen LogP contribution < -0.4 is 0 Å². The summed E-state index contributed by atoms with van der Waals surface area (Å²) in [6.07, 6.45) is 4.56. The van der Waals surface area contributed by atoms with Gasteiger partial charge in [-0.2, -0.15) is 5.10 Å². The lowest BCUT2D eigenvalue weighted by molar-refractivity contribution is 0.106. The van der Waals surface area contributed by atoms with Gasteiger partial charge >= 0.3 is 0 Å². The molecule has 0 saturated carbocycles. The van der Waals surface area contributed by atoms with Gasteiger partial charge in [0.25, 0.3) is 0 Å². The Labute approximate surface area is 119 Å². The zero-order chi connectivity index (χ0) is 14.5. The number of rotatable bonds is 2. The number of aromatic nitrogens is 2. The van der Waals surface area contributed by atoms with Crippen molar-refractivity contribution in [3.05, 3.63) is 18.0 Å². The van der Waals surface area contributed by atoms with Crippen molar-refractivity contribution in [2.75, 3.05) is 13.1 Å². The molecule has 0 spiro atoms. The van der Waals surface area contributed by atoms with Crippen LogP contribution in [-0.2, 0) is 13.6 Å². The van der Waals surface area contributed by atoms with E-state index in [1.54, 1.807) is 0 Å². The molecule has 19 heavy (non-hydrogen) atoms. The summed E-state index contributed by atoms with van der Waals surface area (Å²) < 4.78 is 1.98. The SMILES string of the molecule is CC.Cn1nccc1CN1CCC(C(C)(C)C)CC1. The first-order chi connectivity index (χ1) is 8.97. The van der Waals surface area contributed by atoms with Crippen molar-refractivity contribution >= 4 is 0 Å². The maximum atomic E-state index is 4.23. The summed E-state index contributed by atoms with van der Waals surface area (Å²) in [5.74, 6) is 0.880. The molecule has 0 amide bonds. The molecular formula is C16H31N3. The molecule has 1 saturated heterocycles. The van der Waals surface area contributed by atoms with Crippen molar-refractivity contribution in [1.29, 1.82) is 0 Å². The second-order valence-electron chi connectivity index (χ2n) is 6.36. The third-order valence-electron chi connectivity index (χ3n) is 4.12. The van der Waals surface area contributed by atoms with Gasteiger partial charge in [-0.15, -0.1) is 0 Å². The smallest absolute Gasteiger partial charge is 0.0521 e. The third kappa shape index (κ3) is 4.64. The molecule has 3 nitrogen and oxygen atoms in total. The molecular weight excluding hydrogens is 234 g/mol. The molecule has 1 aromatic rings. The van der Waals surface area contributed by atoms with Crippen molar-refractivity contribution in [3.8, 4) is 0 Å². The summed E-state index contributed by atoms with van der Waals surface area (Å²) in [4.78, 5) is 2.55. The van der Waals surface area contributed by atoms with Crippen molar-refractivity contribution in [1.82, 2.24) is 14.7 Å². The minimum Gasteiger partial charge on any atom is -0.298 e. The van der Waals surface area contributed by atoms with E-state index < -0.39 is 0 Å². The Kier molecular flexibility index (Phi) is 6.05. The lowest BCUT2D eigenvalue weighted by Gasteiger charge is -2.38. The van der Waals surface area contributed by atoms with E-state index in [-0.39, 0.29) is 0 Å². The fraction of sp³-hybridized carbons (Fsp3) is 0.812. The Balaban J connectivity index is 0.000000861. The normalized spacial score (nSPS) is 18.0. The molecule has 1 aliphatic rings. The second-order valence-corrected chi connectivity index (χ2v) is 6.36. The molecule has 1 aliphatic heterocycles. The Morgan fingerprint density at radius 2 is 1.79 bits per heavy atom. The zero-order valence-electron chi connectivity index (χ0n) is 13.6. The van der Waals surface area contributed by atoms with Crippen LogP contribution in [0.5, 0.6) is 0 Å². The van der Waals surface area contributed by atoms with Crippen molar-refractivity contribution < 1.29 is 0 Å². The summed E-state index contributed by atoms with van der Waals surface area (Å²) >= 11 is 0. The van der Waals surface area contributed by atoms with E-state index in [0.29, 0.717) is 5.41 Å². The first-order valence-electron chi connectivity index (χ1n) is 7.66. The molecule has 2 rings (SSSR count). The minimum atomic E-state index is 0.471. The van der Waals surface area contributed by atoms with Crippen LogP contribution in [0.2, 0.25) is 0 Å². The third-order valence-corrected chi connectivity index (χ3v) is 4.12. The number of piperidine rings is 1. The van der Waals surface area contributed by atoms with Gasteiger partial charge in [-0.1, -0.05) is 34.6 Å². The lowest BCUT2D eigenvalue weighted by Crippen LogP contribution is -2.37. The highest BCUT2D eigenvalue weighted by Crippen LogP contribution is 2.34. The number of likely N-dealkylation sites (tertiary alicyclic amines) is 1. The summed E-state index contributed by atoms with van der Waals surface area (Å²) in [5.41, 5.74) is 1.79. The van der Waals surface area contributed by atoms with Gasteiger partial charge in [-0.25, -0.2) is 0 Å². The summed E-state index contributed by atoms with van der Waals surface area (Å²) in [7, 11) is 2.03. The molecule has 1 aromatic heterocycles. The topological polar surface area (TPSA) is 21.1 Å². The minimum absolute atomic E-state index is 0.471. The average Bonchev–Trinajstić information content (AvgIpc) is 2.77. The van der Waals surface area contributed by atoms with E-state index in [2.05, 4.69) is 36.8 Å². The van der Waals surface area contributed by atoms with Crippen molar-refractivity contribution in [2.45, 2.75) is 54.0 Å². The molecule has 110 valence electrons. The van der Waals surface area contributed by atoms with Crippen LogP contribution >= 0.6 is 0 Å². The Morgan fingerprint density at radius 3 is 2.21 bits per heavy atom. The molecule has 1 fully saturated rings. The molecule has 0 bridgehead atoms. The van der Waals surface area contributed by atoms with Gasteiger partial charge in [0.05, 0.1) is 5.69 Å². The molecule has 0 atom stereocenters. The van der Waals surface area contributed by atoms with Crippen molar-refractivity contribution in [2.24, 2.45) is 18.4 Å². The standard InChI is InChI=1S/C14H25N3.C2H6/c1-14(2,3)12-6-9-17(10-7-12)11-13-5-8-15-16(13)4;1-2/h5,8,12H,6-7,9-11H2,1-4H3;1-2H3. The van der Waals surface area contributed by atoms with E-state index in [9.17, 15) is 0 Å². The van der Waals surface area contributed by atoms with Crippen LogP contribution in [0.15, 0.2) is 12.3 Å². The fourth-order valence-electron chi connectivity index (χ4n) is 2.74. The van der Waals surface area contributed by atoms with Crippen molar-refractivity contribution in [3.63, 3.8) is 0 Å². The van der Waals surface area contributed by atoms with E-state index in [1.807, 2.05) is 31.8 Å². The predicted octanol–water partition coefficient (Wildman–Crippen LogP) is 3.70. The molecule has 0 aromatic carbocycles. The summed E-state index contributed by atoms with van der Waals surface area (Å²) in [6.45, 7) is 14.6. The van der Waals surface area contributed by atoms with E-state index in [4.69, 9.17) is 0 Å². The van der Waals surface area contributed by atoms with Crippen LogP contribution in [0.1, 0.15) is 53.2 Å². The Hall–Kier alpha value is -0.830. The second kappa shape index (κ2) is 7.09. The van der Waals surface area contributed by atoms with Gasteiger partial charge in [0.1, 0.15) is 0 Å². The molecule has 2 heterocycles. The van der Waals surface area contributed by atoms with Gasteiger partial charge in [0.2, 0.25) is 0 Å². The van der Waals surface area contributed by atoms with Gasteiger partial charge in [0.15, 0.2) is 0 Å². The molecule has 0 radical (unpaired) electrons. The number of nitrogens with zero attached hydrogens (tertiary/aromatic N) is 3. The number of hydrogen-bond donors (Lipinski definition) is 0. The highest BCUT2D eigenvalue weighted by Gasteiger charge is 2.28. The molecule has 0 aliphatic carbocycles. The van der Waals surface area contributed by atoms with Crippen LogP contribution in [-0.4, -0.2) is 27.8 Å². The monoisotopic (exact) mass is 265 g/mol. The van der Waals surface area contributed by atoms with Gasteiger partial charge in [0, 0.05) is 19.8 Å². The lowest BCUT2D eigenvalue weighted by atomic mass is 9.75. The van der Waals surface area contributed by atoms with E-state index >= 15 is 0 Å². The zero-order valence-corrected chi connectivity index (χ0v) is 13.6. The van der Waals surface area contributed by atoms with Crippen LogP contribution in [0.3, 0.4) is 0 Å². The largest absolute Gasteiger partial charge is 0.298 e. The Morgan fingerprint density at radius 1 is 1.21 bits per heavy atom. The molecule has 3 heteroatoms. The summed E-state index contributed by atoms with van der Waals surface area (Å²) in [5, 5.41) is 4.23. The Bertz CT molecular complexity index is 354. The van der Waals surface area contributed by atoms with E-state index in [0.717, 1.165) is 12.5 Å². The maximum absolute atomic E-state index is 4.23. The van der Waals surface area contributed by atoms with Gasteiger partial charge in [-0.3, -0.25) is 9.58 Å². The van der Waals surface area contributed by atoms with E-state index in [1.165, 1.54) is 31.6 Å². The van der Waals surface area contributed by atoms with Gasteiger partial charge < -0.3 is 0 Å². The van der Waals surface area contributed by atoms with Crippen LogP contribution in [0.4, 0.5) is 0 Å². The predicted molar refractivity (Wildman–Crippen MR) is 82.0 cm³/mol. The van der Waals surface area contributed by atoms with Crippen LogP contribution in [0, 0.1) is 11.3 Å².